The molecule has 1 N–H and O–H groups in total. The molecule has 1 saturated heterocycles. The third-order valence-corrected chi connectivity index (χ3v) is 3.25. The van der Waals surface area contributed by atoms with Crippen molar-refractivity contribution in [2.75, 3.05) is 38.5 Å². The second-order valence-electron chi connectivity index (χ2n) is 4.00. The molecule has 1 rings (SSSR count). The van der Waals surface area contributed by atoms with Gasteiger partial charge in [-0.05, 0) is 13.8 Å². The van der Waals surface area contributed by atoms with E-state index in [1.165, 1.54) is 0 Å². The van der Waals surface area contributed by atoms with Crippen LogP contribution < -0.4 is 0 Å². The minimum Gasteiger partial charge on any atom is -0.306 e. The summed E-state index contributed by atoms with van der Waals surface area (Å²) in [6.07, 6.45) is 0. The molecule has 1 atom stereocenters. The molecule has 1 fully saturated rings. The van der Waals surface area contributed by atoms with Crippen LogP contribution in [0.5, 0.6) is 0 Å². The number of hydrogen-bond donors (Lipinski definition) is 1. The van der Waals surface area contributed by atoms with Gasteiger partial charge in [-0.2, -0.15) is 0 Å². The highest BCUT2D eigenvalue weighted by molar-refractivity contribution is 7.79. The second-order valence-corrected chi connectivity index (χ2v) is 5.05. The molecule has 1 unspecified atom stereocenters. The fraction of sp³-hybridized carbons (Fsp3) is 1.00. The first-order valence-corrected chi connectivity index (χ1v) is 6.41. The van der Waals surface area contributed by atoms with Gasteiger partial charge in [-0.15, -0.1) is 0 Å². The van der Waals surface area contributed by atoms with Crippen molar-refractivity contribution in [2.24, 2.45) is 0 Å². The standard InChI is InChI=1S/C9H20N2O2S/c1-9(2)11-5-3-10(4-6-11)7-8-14(12)13/h9H,3-8H2,1-2H3,(H,12,13). The van der Waals surface area contributed by atoms with Gasteiger partial charge in [0, 0.05) is 38.8 Å². The highest BCUT2D eigenvalue weighted by Gasteiger charge is 2.18. The molecule has 0 radical (unpaired) electrons. The quantitative estimate of drug-likeness (QED) is 0.689. The number of hydrogen-bond acceptors (Lipinski definition) is 3. The Labute approximate surface area is 88.6 Å². The summed E-state index contributed by atoms with van der Waals surface area (Å²) in [5.41, 5.74) is 0. The van der Waals surface area contributed by atoms with Gasteiger partial charge in [-0.25, -0.2) is 4.21 Å². The number of piperazine rings is 1. The molecule has 0 aromatic carbocycles. The van der Waals surface area contributed by atoms with Crippen molar-refractivity contribution < 1.29 is 8.76 Å². The van der Waals surface area contributed by atoms with Crippen LogP contribution >= 0.6 is 0 Å². The first kappa shape index (κ1) is 12.1. The lowest BCUT2D eigenvalue weighted by atomic mass is 10.2. The molecule has 14 heavy (non-hydrogen) atoms. The van der Waals surface area contributed by atoms with Crippen molar-refractivity contribution >= 4 is 11.1 Å². The van der Waals surface area contributed by atoms with Gasteiger partial charge >= 0.3 is 0 Å². The fourth-order valence-electron chi connectivity index (χ4n) is 1.71. The third kappa shape index (κ3) is 4.04. The lowest BCUT2D eigenvalue weighted by Gasteiger charge is -2.36. The smallest absolute Gasteiger partial charge is 0.154 e. The van der Waals surface area contributed by atoms with E-state index in [-0.39, 0.29) is 0 Å². The zero-order chi connectivity index (χ0) is 10.6. The fourth-order valence-corrected chi connectivity index (χ4v) is 2.12. The maximum Gasteiger partial charge on any atom is 0.154 e. The summed E-state index contributed by atoms with van der Waals surface area (Å²) in [6, 6.07) is 0.615. The van der Waals surface area contributed by atoms with E-state index in [9.17, 15) is 4.21 Å². The van der Waals surface area contributed by atoms with E-state index in [2.05, 4.69) is 23.6 Å². The van der Waals surface area contributed by atoms with Crippen LogP contribution in [0.3, 0.4) is 0 Å². The van der Waals surface area contributed by atoms with E-state index in [4.69, 9.17) is 4.55 Å². The van der Waals surface area contributed by atoms with Gasteiger partial charge in [-0.1, -0.05) is 0 Å². The summed E-state index contributed by atoms with van der Waals surface area (Å²) >= 11 is -1.64. The highest BCUT2D eigenvalue weighted by atomic mass is 32.2. The van der Waals surface area contributed by atoms with Crippen molar-refractivity contribution in [3.63, 3.8) is 0 Å². The number of nitrogens with zero attached hydrogens (tertiary/aromatic N) is 2. The Morgan fingerprint density at radius 3 is 2.29 bits per heavy atom. The van der Waals surface area contributed by atoms with E-state index >= 15 is 0 Å². The van der Waals surface area contributed by atoms with E-state index in [0.29, 0.717) is 11.8 Å². The molecule has 0 amide bonds. The predicted octanol–water partition coefficient (Wildman–Crippen LogP) is 0.234. The Kier molecular flexibility index (Phi) is 5.01. The third-order valence-electron chi connectivity index (χ3n) is 2.72. The Morgan fingerprint density at radius 2 is 1.86 bits per heavy atom. The second kappa shape index (κ2) is 5.80. The molecule has 4 nitrogen and oxygen atoms in total. The molecular weight excluding hydrogens is 200 g/mol. The SMILES string of the molecule is CC(C)N1CCN(CCS(=O)O)CC1. The topological polar surface area (TPSA) is 43.8 Å². The summed E-state index contributed by atoms with van der Waals surface area (Å²) in [6.45, 7) is 9.36. The summed E-state index contributed by atoms with van der Waals surface area (Å²) in [7, 11) is 0. The highest BCUT2D eigenvalue weighted by Crippen LogP contribution is 2.05. The summed E-state index contributed by atoms with van der Waals surface area (Å²) in [5, 5.41) is 0. The minimum absolute atomic E-state index is 0.377. The summed E-state index contributed by atoms with van der Waals surface area (Å²) in [5.74, 6) is 0.377. The van der Waals surface area contributed by atoms with E-state index in [0.717, 1.165) is 32.7 Å². The predicted molar refractivity (Wildman–Crippen MR) is 58.8 cm³/mol. The Morgan fingerprint density at radius 1 is 1.29 bits per heavy atom. The van der Waals surface area contributed by atoms with Crippen LogP contribution in [-0.2, 0) is 11.1 Å². The first-order valence-electron chi connectivity index (χ1n) is 5.13. The van der Waals surface area contributed by atoms with Gasteiger partial charge in [0.2, 0.25) is 0 Å². The average Bonchev–Trinajstić information content (AvgIpc) is 2.15. The normalized spacial score (nSPS) is 22.9. The molecule has 84 valence electrons. The summed E-state index contributed by atoms with van der Waals surface area (Å²) in [4.78, 5) is 4.69. The van der Waals surface area contributed by atoms with Crippen LogP contribution in [0.25, 0.3) is 0 Å². The zero-order valence-corrected chi connectivity index (χ0v) is 9.79. The molecule has 1 aliphatic heterocycles. The molecule has 0 aromatic rings. The van der Waals surface area contributed by atoms with Gasteiger partial charge in [0.1, 0.15) is 0 Å². The zero-order valence-electron chi connectivity index (χ0n) is 8.98. The van der Waals surface area contributed by atoms with Crippen LogP contribution in [0.4, 0.5) is 0 Å². The molecule has 5 heteroatoms. The molecule has 0 aliphatic carbocycles. The van der Waals surface area contributed by atoms with Crippen LogP contribution in [0.15, 0.2) is 0 Å². The lowest BCUT2D eigenvalue weighted by Crippen LogP contribution is -2.49. The van der Waals surface area contributed by atoms with Crippen LogP contribution in [-0.4, -0.2) is 63.1 Å². The molecule has 0 aromatic heterocycles. The van der Waals surface area contributed by atoms with Gasteiger partial charge in [0.05, 0.1) is 5.75 Å². The van der Waals surface area contributed by atoms with Crippen molar-refractivity contribution in [3.05, 3.63) is 0 Å². The minimum atomic E-state index is -1.64. The van der Waals surface area contributed by atoms with Gasteiger partial charge in [0.15, 0.2) is 11.1 Å². The van der Waals surface area contributed by atoms with Crippen LogP contribution in [0.2, 0.25) is 0 Å². The van der Waals surface area contributed by atoms with Crippen molar-refractivity contribution in [1.29, 1.82) is 0 Å². The maximum absolute atomic E-state index is 10.5. The van der Waals surface area contributed by atoms with Gasteiger partial charge in [-0.3, -0.25) is 9.80 Å². The Bertz CT molecular complexity index is 191. The monoisotopic (exact) mass is 220 g/mol. The summed E-state index contributed by atoms with van der Waals surface area (Å²) < 4.78 is 19.1. The average molecular weight is 220 g/mol. The molecular formula is C9H20N2O2S. The molecule has 0 spiro atoms. The lowest BCUT2D eigenvalue weighted by molar-refractivity contribution is 0.113. The molecule has 1 heterocycles. The van der Waals surface area contributed by atoms with Crippen molar-refractivity contribution in [1.82, 2.24) is 9.80 Å². The van der Waals surface area contributed by atoms with Crippen LogP contribution in [0.1, 0.15) is 13.8 Å². The van der Waals surface area contributed by atoms with Crippen molar-refractivity contribution in [3.8, 4) is 0 Å². The maximum atomic E-state index is 10.5. The van der Waals surface area contributed by atoms with E-state index in [1.807, 2.05) is 0 Å². The Balaban J connectivity index is 2.19. The number of rotatable bonds is 4. The van der Waals surface area contributed by atoms with Crippen molar-refractivity contribution in [2.45, 2.75) is 19.9 Å². The molecule has 1 aliphatic rings. The first-order chi connectivity index (χ1) is 6.59. The van der Waals surface area contributed by atoms with Gasteiger partial charge < -0.3 is 4.55 Å². The molecule has 0 saturated carbocycles. The molecule has 0 bridgehead atoms. The van der Waals surface area contributed by atoms with E-state index in [1.54, 1.807) is 0 Å². The largest absolute Gasteiger partial charge is 0.306 e. The van der Waals surface area contributed by atoms with Crippen LogP contribution in [0, 0.1) is 0 Å². The Hall–Kier alpha value is 0.0300. The van der Waals surface area contributed by atoms with Gasteiger partial charge in [0.25, 0.3) is 0 Å². The van der Waals surface area contributed by atoms with E-state index < -0.39 is 11.1 Å².